The van der Waals surface area contributed by atoms with E-state index < -0.39 is 0 Å². The minimum Gasteiger partial charge on any atom is -0.396 e. The number of rotatable bonds is 6. The fraction of sp³-hybridized carbons (Fsp3) is 0.500. The van der Waals surface area contributed by atoms with Gasteiger partial charge in [-0.05, 0) is 35.8 Å². The molecule has 1 aromatic rings. The number of carbonyl (C=O) groups excluding carboxylic acids is 1. The van der Waals surface area contributed by atoms with E-state index >= 15 is 0 Å². The van der Waals surface area contributed by atoms with Gasteiger partial charge in [-0.15, -0.1) is 0 Å². The van der Waals surface area contributed by atoms with Gasteiger partial charge in [0.05, 0.1) is 5.69 Å². The van der Waals surface area contributed by atoms with Crippen LogP contribution < -0.4 is 11.1 Å². The molecule has 1 aromatic heterocycles. The molecule has 3 N–H and O–H groups in total. The largest absolute Gasteiger partial charge is 0.396 e. The maximum Gasteiger partial charge on any atom is 0.224 e. The third kappa shape index (κ3) is 4.18. The van der Waals surface area contributed by atoms with Crippen molar-refractivity contribution in [2.45, 2.75) is 20.3 Å². The molecule has 6 heteroatoms. The molecule has 0 bridgehead atoms. The number of nitrogens with zero attached hydrogens (tertiary/aromatic N) is 2. The summed E-state index contributed by atoms with van der Waals surface area (Å²) in [5.74, 6) is 0.758. The van der Waals surface area contributed by atoms with Gasteiger partial charge in [0.2, 0.25) is 5.91 Å². The zero-order chi connectivity index (χ0) is 13.5. The van der Waals surface area contributed by atoms with Crippen LogP contribution in [0.4, 0.5) is 11.5 Å². The number of nitrogens with one attached hydrogen (secondary N) is 1. The van der Waals surface area contributed by atoms with Gasteiger partial charge < -0.3 is 16.0 Å². The van der Waals surface area contributed by atoms with E-state index in [0.29, 0.717) is 24.5 Å². The normalized spacial score (nSPS) is 10.2. The van der Waals surface area contributed by atoms with Crippen LogP contribution in [0.5, 0.6) is 0 Å². The quantitative estimate of drug-likeness (QED) is 0.843. The van der Waals surface area contributed by atoms with Crippen LogP contribution in [0.25, 0.3) is 0 Å². The highest BCUT2D eigenvalue weighted by atomic mass is 79.9. The summed E-state index contributed by atoms with van der Waals surface area (Å²) in [7, 11) is 0. The number of halogens is 1. The Morgan fingerprint density at radius 1 is 1.50 bits per heavy atom. The Morgan fingerprint density at radius 2 is 2.17 bits per heavy atom. The second kappa shape index (κ2) is 7.20. The molecule has 0 fully saturated rings. The third-order valence-corrected chi connectivity index (χ3v) is 3.06. The molecule has 0 aromatic carbocycles. The molecule has 0 radical (unpaired) electrons. The molecule has 18 heavy (non-hydrogen) atoms. The van der Waals surface area contributed by atoms with Crippen LogP contribution in [0.3, 0.4) is 0 Å². The summed E-state index contributed by atoms with van der Waals surface area (Å²) in [5.41, 5.74) is 6.37. The van der Waals surface area contributed by atoms with Gasteiger partial charge in [0.25, 0.3) is 0 Å². The summed E-state index contributed by atoms with van der Waals surface area (Å²) in [6.07, 6.45) is 2.11. The Morgan fingerprint density at radius 3 is 2.72 bits per heavy atom. The first kappa shape index (κ1) is 14.8. The number of nitrogens with two attached hydrogens (primary N) is 1. The van der Waals surface area contributed by atoms with Crippen molar-refractivity contribution < 1.29 is 4.79 Å². The van der Waals surface area contributed by atoms with E-state index in [1.54, 1.807) is 17.2 Å². The highest BCUT2D eigenvalue weighted by Crippen LogP contribution is 2.19. The number of nitrogen functional groups attached to an aromatic ring is 1. The Hall–Kier alpha value is -1.30. The number of pyridine rings is 1. The van der Waals surface area contributed by atoms with Crippen molar-refractivity contribution >= 4 is 33.3 Å². The van der Waals surface area contributed by atoms with Crippen molar-refractivity contribution in [3.63, 3.8) is 0 Å². The average molecular weight is 315 g/mol. The van der Waals surface area contributed by atoms with Gasteiger partial charge in [-0.1, -0.05) is 0 Å². The molecule has 1 rings (SSSR count). The number of hydrogen-bond donors (Lipinski definition) is 2. The first-order valence-electron chi connectivity index (χ1n) is 6.01. The highest BCUT2D eigenvalue weighted by molar-refractivity contribution is 9.10. The van der Waals surface area contributed by atoms with Gasteiger partial charge in [0.15, 0.2) is 0 Å². The van der Waals surface area contributed by atoms with Crippen LogP contribution >= 0.6 is 15.9 Å². The smallest absolute Gasteiger partial charge is 0.224 e. The molecule has 0 aliphatic carbocycles. The van der Waals surface area contributed by atoms with E-state index in [1.165, 1.54) is 0 Å². The van der Waals surface area contributed by atoms with E-state index in [9.17, 15) is 4.79 Å². The first-order chi connectivity index (χ1) is 8.58. The van der Waals surface area contributed by atoms with Gasteiger partial charge in [0, 0.05) is 36.7 Å². The monoisotopic (exact) mass is 314 g/mol. The van der Waals surface area contributed by atoms with Crippen molar-refractivity contribution in [2.75, 3.05) is 30.7 Å². The summed E-state index contributed by atoms with van der Waals surface area (Å²) < 4.78 is 0.838. The average Bonchev–Trinajstić information content (AvgIpc) is 2.33. The molecule has 5 nitrogen and oxygen atoms in total. The highest BCUT2D eigenvalue weighted by Gasteiger charge is 2.09. The van der Waals surface area contributed by atoms with Gasteiger partial charge in [-0.2, -0.15) is 0 Å². The lowest BCUT2D eigenvalue weighted by Gasteiger charge is -2.18. The molecule has 0 spiro atoms. The van der Waals surface area contributed by atoms with E-state index in [0.717, 1.165) is 17.6 Å². The Kier molecular flexibility index (Phi) is 5.91. The lowest BCUT2D eigenvalue weighted by Crippen LogP contribution is -2.31. The summed E-state index contributed by atoms with van der Waals surface area (Å²) in [6.45, 7) is 5.97. The molecule has 1 amide bonds. The van der Waals surface area contributed by atoms with E-state index in [-0.39, 0.29) is 5.91 Å². The number of amides is 1. The van der Waals surface area contributed by atoms with Gasteiger partial charge >= 0.3 is 0 Å². The van der Waals surface area contributed by atoms with Crippen molar-refractivity contribution in [3.8, 4) is 0 Å². The van der Waals surface area contributed by atoms with Gasteiger partial charge in [-0.3, -0.25) is 4.79 Å². The zero-order valence-corrected chi connectivity index (χ0v) is 12.3. The van der Waals surface area contributed by atoms with Crippen LogP contribution in [0.1, 0.15) is 20.3 Å². The molecule has 0 atom stereocenters. The van der Waals surface area contributed by atoms with Crippen molar-refractivity contribution in [1.29, 1.82) is 0 Å². The van der Waals surface area contributed by atoms with Gasteiger partial charge in [0.1, 0.15) is 5.82 Å². The second-order valence-electron chi connectivity index (χ2n) is 3.83. The van der Waals surface area contributed by atoms with Crippen LogP contribution in [0.15, 0.2) is 16.7 Å². The van der Waals surface area contributed by atoms with Crippen molar-refractivity contribution in [1.82, 2.24) is 9.88 Å². The van der Waals surface area contributed by atoms with Crippen LogP contribution in [0, 0.1) is 0 Å². The molecule has 100 valence electrons. The van der Waals surface area contributed by atoms with E-state index in [4.69, 9.17) is 5.73 Å². The Balaban J connectivity index is 2.44. The van der Waals surface area contributed by atoms with E-state index in [1.807, 2.05) is 13.8 Å². The van der Waals surface area contributed by atoms with Crippen LogP contribution in [0.2, 0.25) is 0 Å². The zero-order valence-electron chi connectivity index (χ0n) is 10.7. The Labute approximate surface area is 116 Å². The molecule has 0 saturated carbocycles. The summed E-state index contributed by atoms with van der Waals surface area (Å²) in [5, 5.41) is 3.07. The molecule has 0 aliphatic rings. The second-order valence-corrected chi connectivity index (χ2v) is 4.75. The minimum absolute atomic E-state index is 0.142. The lowest BCUT2D eigenvalue weighted by atomic mass is 10.3. The summed E-state index contributed by atoms with van der Waals surface area (Å²) >= 11 is 3.29. The van der Waals surface area contributed by atoms with Crippen LogP contribution in [-0.2, 0) is 4.79 Å². The lowest BCUT2D eigenvalue weighted by molar-refractivity contribution is -0.130. The van der Waals surface area contributed by atoms with Crippen molar-refractivity contribution in [2.24, 2.45) is 0 Å². The van der Waals surface area contributed by atoms with E-state index in [2.05, 4.69) is 26.2 Å². The minimum atomic E-state index is 0.142. The number of hydrogen-bond acceptors (Lipinski definition) is 4. The standard InChI is InChI=1S/C12H19BrN4O/c1-3-17(4-2)11(18)5-6-15-12-10(14)7-9(13)8-16-12/h7-8H,3-6,14H2,1-2H3,(H,15,16). The maximum absolute atomic E-state index is 11.8. The molecule has 0 unspecified atom stereocenters. The number of aromatic nitrogens is 1. The van der Waals surface area contributed by atoms with Crippen LogP contribution in [-0.4, -0.2) is 35.4 Å². The Bertz CT molecular complexity index is 407. The number of carbonyl (C=O) groups is 1. The maximum atomic E-state index is 11.8. The topological polar surface area (TPSA) is 71.2 Å². The molecular weight excluding hydrogens is 296 g/mol. The molecular formula is C12H19BrN4O. The fourth-order valence-electron chi connectivity index (χ4n) is 1.62. The predicted molar refractivity (Wildman–Crippen MR) is 77.4 cm³/mol. The predicted octanol–water partition coefficient (Wildman–Crippen LogP) is 2.10. The fourth-order valence-corrected chi connectivity index (χ4v) is 1.97. The molecule has 0 saturated heterocycles. The third-order valence-electron chi connectivity index (χ3n) is 2.63. The van der Waals surface area contributed by atoms with Crippen molar-refractivity contribution in [3.05, 3.63) is 16.7 Å². The molecule has 0 aliphatic heterocycles. The SMILES string of the molecule is CCN(CC)C(=O)CCNc1ncc(Br)cc1N. The number of anilines is 2. The van der Waals surface area contributed by atoms with Gasteiger partial charge in [-0.25, -0.2) is 4.98 Å². The summed E-state index contributed by atoms with van der Waals surface area (Å²) in [6, 6.07) is 1.78. The molecule has 1 heterocycles. The summed E-state index contributed by atoms with van der Waals surface area (Å²) in [4.78, 5) is 17.7. The first-order valence-corrected chi connectivity index (χ1v) is 6.80.